The molecular formula is C9H18O2Si. The van der Waals surface area contributed by atoms with Gasteiger partial charge in [0.2, 0.25) is 0 Å². The predicted octanol–water partition coefficient (Wildman–Crippen LogP) is 1.17. The Balaban J connectivity index is 3.75. The fraction of sp³-hybridized carbons (Fsp3) is 0.556. The highest BCUT2D eigenvalue weighted by molar-refractivity contribution is 5.98. The highest BCUT2D eigenvalue weighted by atomic mass is 28.2. The van der Waals surface area contributed by atoms with Gasteiger partial charge in [0.05, 0.1) is 6.10 Å². The van der Waals surface area contributed by atoms with E-state index in [0.29, 0.717) is 10.5 Å². The standard InChI is InChI=1S/C9H18O2Si/c1-4-6-9(7-5-2)10-8(3)11-12/h4-5,8-9H,1-2,6-7H2,3,12H3. The third kappa shape index (κ3) is 5.29. The van der Waals surface area contributed by atoms with Crippen molar-refractivity contribution in [3.05, 3.63) is 25.3 Å². The molecule has 0 N–H and O–H groups in total. The second-order valence-electron chi connectivity index (χ2n) is 2.61. The van der Waals surface area contributed by atoms with Crippen molar-refractivity contribution in [2.24, 2.45) is 0 Å². The largest absolute Gasteiger partial charge is 0.404 e. The van der Waals surface area contributed by atoms with Crippen LogP contribution in [-0.2, 0) is 9.16 Å². The first-order valence-electron chi connectivity index (χ1n) is 4.14. The zero-order chi connectivity index (χ0) is 9.40. The van der Waals surface area contributed by atoms with E-state index in [1.807, 2.05) is 19.1 Å². The summed E-state index contributed by atoms with van der Waals surface area (Å²) in [6, 6.07) is 0. The van der Waals surface area contributed by atoms with Crippen molar-refractivity contribution in [1.82, 2.24) is 0 Å². The molecule has 0 aliphatic carbocycles. The Morgan fingerprint density at radius 2 is 1.83 bits per heavy atom. The molecule has 0 aliphatic rings. The summed E-state index contributed by atoms with van der Waals surface area (Å²) in [5.41, 5.74) is 0. The molecule has 12 heavy (non-hydrogen) atoms. The summed E-state index contributed by atoms with van der Waals surface area (Å²) in [4.78, 5) is 0. The zero-order valence-corrected chi connectivity index (χ0v) is 9.95. The molecule has 0 bridgehead atoms. The van der Waals surface area contributed by atoms with E-state index >= 15 is 0 Å². The average molecular weight is 186 g/mol. The minimum absolute atomic E-state index is 0.0958. The highest BCUT2D eigenvalue weighted by Crippen LogP contribution is 2.08. The molecule has 2 nitrogen and oxygen atoms in total. The van der Waals surface area contributed by atoms with E-state index in [2.05, 4.69) is 13.2 Å². The van der Waals surface area contributed by atoms with Crippen LogP contribution in [0.15, 0.2) is 25.3 Å². The van der Waals surface area contributed by atoms with Gasteiger partial charge in [-0.15, -0.1) is 13.2 Å². The Hall–Kier alpha value is -0.383. The molecule has 0 amide bonds. The van der Waals surface area contributed by atoms with Crippen LogP contribution in [-0.4, -0.2) is 22.9 Å². The van der Waals surface area contributed by atoms with Crippen molar-refractivity contribution in [3.8, 4) is 0 Å². The minimum atomic E-state index is -0.0958. The zero-order valence-electron chi connectivity index (χ0n) is 7.95. The first-order chi connectivity index (χ1) is 5.74. The number of hydrogen-bond acceptors (Lipinski definition) is 2. The molecule has 1 unspecified atom stereocenters. The molecule has 0 rings (SSSR count). The molecule has 70 valence electrons. The lowest BCUT2D eigenvalue weighted by molar-refractivity contribution is -0.102. The lowest BCUT2D eigenvalue weighted by atomic mass is 10.2. The molecule has 0 aromatic carbocycles. The van der Waals surface area contributed by atoms with Crippen LogP contribution in [0.3, 0.4) is 0 Å². The number of hydrogen-bond donors (Lipinski definition) is 0. The van der Waals surface area contributed by atoms with Gasteiger partial charge >= 0.3 is 0 Å². The second-order valence-corrected chi connectivity index (χ2v) is 3.08. The fourth-order valence-corrected chi connectivity index (χ4v) is 1.02. The van der Waals surface area contributed by atoms with E-state index in [1.54, 1.807) is 0 Å². The van der Waals surface area contributed by atoms with E-state index in [1.165, 1.54) is 0 Å². The minimum Gasteiger partial charge on any atom is -0.404 e. The van der Waals surface area contributed by atoms with Crippen molar-refractivity contribution < 1.29 is 9.16 Å². The molecule has 0 spiro atoms. The summed E-state index contributed by atoms with van der Waals surface area (Å²) < 4.78 is 10.7. The van der Waals surface area contributed by atoms with Crippen LogP contribution in [0.25, 0.3) is 0 Å². The van der Waals surface area contributed by atoms with E-state index < -0.39 is 0 Å². The molecule has 3 heteroatoms. The summed E-state index contributed by atoms with van der Waals surface area (Å²) >= 11 is 0. The van der Waals surface area contributed by atoms with Crippen molar-refractivity contribution >= 4 is 10.5 Å². The molecule has 0 saturated carbocycles. The summed E-state index contributed by atoms with van der Waals surface area (Å²) in [6.45, 7) is 9.25. The van der Waals surface area contributed by atoms with Gasteiger partial charge in [-0.05, 0) is 19.8 Å². The smallest absolute Gasteiger partial charge is 0.149 e. The van der Waals surface area contributed by atoms with Crippen LogP contribution in [0, 0.1) is 0 Å². The first kappa shape index (κ1) is 11.6. The van der Waals surface area contributed by atoms with Gasteiger partial charge in [0.1, 0.15) is 16.8 Å². The fourth-order valence-electron chi connectivity index (χ4n) is 0.906. The van der Waals surface area contributed by atoms with Gasteiger partial charge < -0.3 is 9.16 Å². The van der Waals surface area contributed by atoms with Gasteiger partial charge in [0, 0.05) is 0 Å². The Morgan fingerprint density at radius 3 is 2.17 bits per heavy atom. The molecular weight excluding hydrogens is 168 g/mol. The van der Waals surface area contributed by atoms with Gasteiger partial charge in [-0.25, -0.2) is 0 Å². The van der Waals surface area contributed by atoms with Crippen LogP contribution >= 0.6 is 0 Å². The summed E-state index contributed by atoms with van der Waals surface area (Å²) in [5, 5.41) is 0. The summed E-state index contributed by atoms with van der Waals surface area (Å²) in [5.74, 6) is 0. The normalized spacial score (nSPS) is 13.2. The molecule has 0 radical (unpaired) electrons. The average Bonchev–Trinajstić information content (AvgIpc) is 2.05. The van der Waals surface area contributed by atoms with Crippen LogP contribution in [0.5, 0.6) is 0 Å². The molecule has 0 aromatic rings. The lowest BCUT2D eigenvalue weighted by Crippen LogP contribution is -2.20. The molecule has 1 atom stereocenters. The van der Waals surface area contributed by atoms with E-state index in [4.69, 9.17) is 9.16 Å². The van der Waals surface area contributed by atoms with E-state index in [0.717, 1.165) is 12.8 Å². The van der Waals surface area contributed by atoms with Crippen LogP contribution in [0.1, 0.15) is 19.8 Å². The van der Waals surface area contributed by atoms with Gasteiger partial charge in [0.25, 0.3) is 0 Å². The van der Waals surface area contributed by atoms with Gasteiger partial charge in [-0.1, -0.05) is 12.2 Å². The number of rotatable bonds is 7. The Bertz CT molecular complexity index is 126. The van der Waals surface area contributed by atoms with Gasteiger partial charge in [-0.3, -0.25) is 0 Å². The third-order valence-corrected chi connectivity index (χ3v) is 2.24. The maximum atomic E-state index is 5.55. The first-order valence-corrected chi connectivity index (χ1v) is 4.96. The lowest BCUT2D eigenvalue weighted by Gasteiger charge is -2.19. The van der Waals surface area contributed by atoms with Crippen LogP contribution < -0.4 is 0 Å². The maximum Gasteiger partial charge on any atom is 0.149 e. The van der Waals surface area contributed by atoms with Crippen molar-refractivity contribution in [2.45, 2.75) is 32.2 Å². The van der Waals surface area contributed by atoms with Crippen molar-refractivity contribution in [3.63, 3.8) is 0 Å². The van der Waals surface area contributed by atoms with E-state index in [9.17, 15) is 0 Å². The quantitative estimate of drug-likeness (QED) is 0.337. The third-order valence-electron chi connectivity index (χ3n) is 1.58. The van der Waals surface area contributed by atoms with Gasteiger partial charge in [0.15, 0.2) is 0 Å². The molecule has 0 aromatic heterocycles. The second kappa shape index (κ2) is 7.28. The Labute approximate surface area is 77.8 Å². The summed E-state index contributed by atoms with van der Waals surface area (Å²) in [6.07, 6.45) is 5.48. The maximum absolute atomic E-state index is 5.55. The SMILES string of the molecule is C=CCC(CC=C)OC(C)O[SiH3]. The van der Waals surface area contributed by atoms with Crippen LogP contribution in [0.2, 0.25) is 0 Å². The molecule has 0 aliphatic heterocycles. The monoisotopic (exact) mass is 186 g/mol. The topological polar surface area (TPSA) is 18.5 Å². The highest BCUT2D eigenvalue weighted by Gasteiger charge is 2.08. The van der Waals surface area contributed by atoms with Crippen molar-refractivity contribution in [1.29, 1.82) is 0 Å². The Kier molecular flexibility index (Phi) is 7.04. The van der Waals surface area contributed by atoms with Crippen LogP contribution in [0.4, 0.5) is 0 Å². The molecule has 0 saturated heterocycles. The molecule has 0 heterocycles. The molecule has 0 fully saturated rings. The van der Waals surface area contributed by atoms with Gasteiger partial charge in [-0.2, -0.15) is 0 Å². The number of ether oxygens (including phenoxy) is 1. The summed E-state index contributed by atoms with van der Waals surface area (Å²) in [7, 11) is 0.710. The van der Waals surface area contributed by atoms with E-state index in [-0.39, 0.29) is 12.4 Å². The van der Waals surface area contributed by atoms with Crippen molar-refractivity contribution in [2.75, 3.05) is 0 Å². The Morgan fingerprint density at radius 1 is 1.33 bits per heavy atom. The predicted molar refractivity (Wildman–Crippen MR) is 55.0 cm³/mol.